The molecule has 1 fully saturated rings. The van der Waals surface area contributed by atoms with Gasteiger partial charge in [0.1, 0.15) is 6.61 Å². The van der Waals surface area contributed by atoms with Crippen LogP contribution in [0.1, 0.15) is 37.3 Å². The highest BCUT2D eigenvalue weighted by molar-refractivity contribution is 5.92. The van der Waals surface area contributed by atoms with Crippen molar-refractivity contribution in [3.8, 4) is 0 Å². The highest BCUT2D eigenvalue weighted by Gasteiger charge is 2.36. The fourth-order valence-electron chi connectivity index (χ4n) is 5.04. The zero-order valence-electron chi connectivity index (χ0n) is 18.9. The number of rotatable bonds is 4. The van der Waals surface area contributed by atoms with Gasteiger partial charge in [-0.1, -0.05) is 24.3 Å². The molecule has 7 nitrogen and oxygen atoms in total. The number of fused-ring (bicyclic) bond motifs is 3. The zero-order chi connectivity index (χ0) is 22.5. The van der Waals surface area contributed by atoms with E-state index in [1.54, 1.807) is 20.2 Å². The molecule has 2 aliphatic rings. The summed E-state index contributed by atoms with van der Waals surface area (Å²) in [7, 11) is 1.55. The van der Waals surface area contributed by atoms with Gasteiger partial charge >= 0.3 is 0 Å². The fourth-order valence-corrected chi connectivity index (χ4v) is 5.04. The first kappa shape index (κ1) is 22.4. The van der Waals surface area contributed by atoms with Crippen LogP contribution in [0.3, 0.4) is 0 Å². The summed E-state index contributed by atoms with van der Waals surface area (Å²) in [6, 6.07) is 12.6. The number of para-hydroxylation sites is 1. The summed E-state index contributed by atoms with van der Waals surface area (Å²) < 4.78 is 5.18. The predicted molar refractivity (Wildman–Crippen MR) is 123 cm³/mol. The highest BCUT2D eigenvalue weighted by Crippen LogP contribution is 2.32. The van der Waals surface area contributed by atoms with Crippen molar-refractivity contribution in [3.05, 3.63) is 59.9 Å². The number of benzene rings is 1. The average molecular weight is 437 g/mol. The number of carbonyl (C=O) groups excluding carboxylic acids is 2. The molecule has 1 saturated heterocycles. The molecule has 1 aromatic carbocycles. The minimum absolute atomic E-state index is 0.0271. The van der Waals surface area contributed by atoms with E-state index in [2.05, 4.69) is 16.0 Å². The van der Waals surface area contributed by atoms with E-state index in [0.717, 1.165) is 37.1 Å². The first-order chi connectivity index (χ1) is 15.6. The summed E-state index contributed by atoms with van der Waals surface area (Å²) in [6.45, 7) is 4.24. The van der Waals surface area contributed by atoms with Gasteiger partial charge in [0, 0.05) is 70.4 Å². The van der Waals surface area contributed by atoms with Crippen molar-refractivity contribution < 1.29 is 14.3 Å². The summed E-state index contributed by atoms with van der Waals surface area (Å²) in [5.74, 6) is 0.000485. The van der Waals surface area contributed by atoms with Crippen LogP contribution in [0, 0.1) is 0 Å². The SMILES string of the molecule is COCC(=O)N1Cc2ccccc2N(C(C)=O)CCC2CCC(C1)N2Cc1cccnc1. The van der Waals surface area contributed by atoms with E-state index in [-0.39, 0.29) is 24.5 Å². The molecule has 7 heteroatoms. The Morgan fingerprint density at radius 1 is 1.09 bits per heavy atom. The molecule has 2 amide bonds. The number of hydrogen-bond donors (Lipinski definition) is 0. The molecule has 2 bridgehead atoms. The maximum atomic E-state index is 13.0. The molecule has 0 spiro atoms. The molecule has 3 heterocycles. The van der Waals surface area contributed by atoms with Crippen LogP contribution in [0.15, 0.2) is 48.8 Å². The summed E-state index contributed by atoms with van der Waals surface area (Å²) >= 11 is 0. The molecule has 32 heavy (non-hydrogen) atoms. The molecular formula is C25H32N4O3. The molecular weight excluding hydrogens is 404 g/mol. The molecule has 2 unspecified atom stereocenters. The Balaban J connectivity index is 1.69. The number of hydrogen-bond acceptors (Lipinski definition) is 5. The van der Waals surface area contributed by atoms with E-state index in [9.17, 15) is 9.59 Å². The van der Waals surface area contributed by atoms with Gasteiger partial charge in [-0.05, 0) is 42.5 Å². The molecule has 0 saturated carbocycles. The van der Waals surface area contributed by atoms with Crippen molar-refractivity contribution in [2.45, 2.75) is 51.4 Å². The third-order valence-electron chi connectivity index (χ3n) is 6.62. The summed E-state index contributed by atoms with van der Waals surface area (Å²) in [6.07, 6.45) is 6.69. The van der Waals surface area contributed by atoms with Gasteiger partial charge in [-0.2, -0.15) is 0 Å². The number of amides is 2. The molecule has 2 aromatic rings. The third-order valence-corrected chi connectivity index (χ3v) is 6.62. The normalized spacial score (nSPS) is 21.7. The lowest BCUT2D eigenvalue weighted by atomic mass is 10.1. The molecule has 4 rings (SSSR count). The fraction of sp³-hybridized carbons (Fsp3) is 0.480. The first-order valence-corrected chi connectivity index (χ1v) is 11.3. The van der Waals surface area contributed by atoms with Crippen LogP contribution in [0.2, 0.25) is 0 Å². The van der Waals surface area contributed by atoms with Gasteiger partial charge in [-0.25, -0.2) is 0 Å². The van der Waals surface area contributed by atoms with Crippen LogP contribution in [-0.4, -0.2) is 65.5 Å². The van der Waals surface area contributed by atoms with Crippen LogP contribution >= 0.6 is 0 Å². The van der Waals surface area contributed by atoms with Crippen LogP contribution in [0.5, 0.6) is 0 Å². The molecule has 170 valence electrons. The first-order valence-electron chi connectivity index (χ1n) is 11.3. The van der Waals surface area contributed by atoms with E-state index in [4.69, 9.17) is 4.74 Å². The van der Waals surface area contributed by atoms with Gasteiger partial charge in [0.25, 0.3) is 0 Å². The Kier molecular flexibility index (Phi) is 7.17. The number of nitrogens with zero attached hydrogens (tertiary/aromatic N) is 4. The van der Waals surface area contributed by atoms with Crippen LogP contribution < -0.4 is 4.90 Å². The standard InChI is InChI=1S/C25H32N4O3/c1-19(30)28-13-11-22-9-10-23(29(22)15-20-6-5-12-26-14-20)17-27(25(31)18-32-2)16-21-7-3-4-8-24(21)28/h3-8,12,14,22-23H,9-11,13,15-18H2,1-2H3. The largest absolute Gasteiger partial charge is 0.375 e. The van der Waals surface area contributed by atoms with Crippen molar-refractivity contribution in [1.82, 2.24) is 14.8 Å². The Morgan fingerprint density at radius 3 is 2.66 bits per heavy atom. The van der Waals surface area contributed by atoms with Crippen molar-refractivity contribution >= 4 is 17.5 Å². The monoisotopic (exact) mass is 436 g/mol. The van der Waals surface area contributed by atoms with Gasteiger partial charge in [-0.3, -0.25) is 19.5 Å². The minimum atomic E-state index is -0.0271. The smallest absolute Gasteiger partial charge is 0.248 e. The van der Waals surface area contributed by atoms with Gasteiger partial charge < -0.3 is 14.5 Å². The maximum Gasteiger partial charge on any atom is 0.248 e. The van der Waals surface area contributed by atoms with Crippen LogP contribution in [0.25, 0.3) is 0 Å². The van der Waals surface area contributed by atoms with Gasteiger partial charge in [0.2, 0.25) is 11.8 Å². The lowest BCUT2D eigenvalue weighted by Gasteiger charge is -2.33. The number of carbonyl (C=O) groups is 2. The Bertz CT molecular complexity index is 936. The number of aromatic nitrogens is 1. The van der Waals surface area contributed by atoms with Crippen LogP contribution in [-0.2, 0) is 27.4 Å². The maximum absolute atomic E-state index is 13.0. The minimum Gasteiger partial charge on any atom is -0.375 e. The summed E-state index contributed by atoms with van der Waals surface area (Å²) in [5.41, 5.74) is 3.05. The number of ether oxygens (including phenoxy) is 1. The van der Waals surface area contributed by atoms with E-state index in [1.165, 1.54) is 5.56 Å². The van der Waals surface area contributed by atoms with Gasteiger partial charge in [-0.15, -0.1) is 0 Å². The van der Waals surface area contributed by atoms with Crippen molar-refractivity contribution in [3.63, 3.8) is 0 Å². The molecule has 0 radical (unpaired) electrons. The van der Waals surface area contributed by atoms with Crippen LogP contribution in [0.4, 0.5) is 5.69 Å². The lowest BCUT2D eigenvalue weighted by molar-refractivity contribution is -0.136. The quantitative estimate of drug-likeness (QED) is 0.737. The number of anilines is 1. The Morgan fingerprint density at radius 2 is 1.91 bits per heavy atom. The highest BCUT2D eigenvalue weighted by atomic mass is 16.5. The van der Waals surface area contributed by atoms with E-state index in [0.29, 0.717) is 25.7 Å². The Labute approximate surface area is 190 Å². The average Bonchev–Trinajstić information content (AvgIpc) is 3.14. The summed E-state index contributed by atoms with van der Waals surface area (Å²) in [4.78, 5) is 36.2. The molecule has 0 N–H and O–H groups in total. The zero-order valence-corrected chi connectivity index (χ0v) is 18.9. The molecule has 2 aliphatic heterocycles. The van der Waals surface area contributed by atoms with Crippen molar-refractivity contribution in [1.29, 1.82) is 0 Å². The van der Waals surface area contributed by atoms with Gasteiger partial charge in [0.15, 0.2) is 0 Å². The third kappa shape index (κ3) is 5.00. The molecule has 2 atom stereocenters. The number of pyridine rings is 1. The second kappa shape index (κ2) is 10.2. The van der Waals surface area contributed by atoms with Gasteiger partial charge in [0.05, 0.1) is 0 Å². The predicted octanol–water partition coefficient (Wildman–Crippen LogP) is 2.85. The van der Waals surface area contributed by atoms with Crippen molar-refractivity contribution in [2.24, 2.45) is 0 Å². The van der Waals surface area contributed by atoms with Crippen molar-refractivity contribution in [2.75, 3.05) is 31.7 Å². The van der Waals surface area contributed by atoms with E-state index < -0.39 is 0 Å². The lowest BCUT2D eigenvalue weighted by Crippen LogP contribution is -2.45. The molecule has 0 aliphatic carbocycles. The van der Waals surface area contributed by atoms with E-state index in [1.807, 2.05) is 46.3 Å². The second-order valence-corrected chi connectivity index (χ2v) is 8.71. The second-order valence-electron chi connectivity index (χ2n) is 8.71. The Hall–Kier alpha value is -2.77. The molecule has 1 aromatic heterocycles. The topological polar surface area (TPSA) is 66.0 Å². The van der Waals surface area contributed by atoms with E-state index >= 15 is 0 Å². The number of methoxy groups -OCH3 is 1. The summed E-state index contributed by atoms with van der Waals surface area (Å²) in [5, 5.41) is 0.